The van der Waals surface area contributed by atoms with Crippen LogP contribution in [0.4, 0.5) is 5.69 Å². The van der Waals surface area contributed by atoms with Crippen molar-refractivity contribution in [3.63, 3.8) is 0 Å². The fourth-order valence-electron chi connectivity index (χ4n) is 3.38. The Kier molecular flexibility index (Phi) is 4.57. The highest BCUT2D eigenvalue weighted by molar-refractivity contribution is 5.93. The lowest BCUT2D eigenvalue weighted by Gasteiger charge is -2.30. The third kappa shape index (κ3) is 3.13. The molecule has 1 saturated heterocycles. The highest BCUT2D eigenvalue weighted by Crippen LogP contribution is 2.23. The van der Waals surface area contributed by atoms with E-state index in [1.54, 1.807) is 16.8 Å². The van der Waals surface area contributed by atoms with Crippen molar-refractivity contribution in [3.8, 4) is 6.07 Å². The number of carbonyl (C=O) groups excluding carboxylic acids is 1. The van der Waals surface area contributed by atoms with Crippen molar-refractivity contribution in [1.82, 2.24) is 9.47 Å². The van der Waals surface area contributed by atoms with Crippen LogP contribution in [0.5, 0.6) is 0 Å². The van der Waals surface area contributed by atoms with E-state index >= 15 is 0 Å². The number of hydrogen-bond acceptors (Lipinski definition) is 3. The van der Waals surface area contributed by atoms with Gasteiger partial charge in [0.15, 0.2) is 0 Å². The Hall–Kier alpha value is -2.74. The smallest absolute Gasteiger partial charge is 0.270 e. The third-order valence-electron chi connectivity index (χ3n) is 4.67. The number of nitriles is 1. The van der Waals surface area contributed by atoms with Gasteiger partial charge in [-0.1, -0.05) is 18.2 Å². The number of anilines is 1. The normalized spacial score (nSPS) is 16.9. The lowest BCUT2D eigenvalue weighted by molar-refractivity contribution is 0.0731. The number of amides is 1. The number of likely N-dealkylation sites (N-methyl/N-ethyl adjacent to an activating group) is 1. The summed E-state index contributed by atoms with van der Waals surface area (Å²) in [6, 6.07) is 14.2. The van der Waals surface area contributed by atoms with Crippen molar-refractivity contribution >= 4 is 11.6 Å². The van der Waals surface area contributed by atoms with E-state index < -0.39 is 0 Å². The van der Waals surface area contributed by atoms with Crippen LogP contribution in [0, 0.1) is 11.3 Å². The van der Waals surface area contributed by atoms with Gasteiger partial charge >= 0.3 is 0 Å². The van der Waals surface area contributed by atoms with Crippen LogP contribution < -0.4 is 4.90 Å². The summed E-state index contributed by atoms with van der Waals surface area (Å²) in [6.07, 6.45) is 3.74. The molecule has 1 atom stereocenters. The molecule has 0 bridgehead atoms. The van der Waals surface area contributed by atoms with Crippen molar-refractivity contribution in [3.05, 3.63) is 53.9 Å². The average Bonchev–Trinajstić information content (AvgIpc) is 3.21. The fourth-order valence-corrected chi connectivity index (χ4v) is 3.38. The first-order valence-electron chi connectivity index (χ1n) is 8.24. The Bertz CT molecular complexity index is 759. The van der Waals surface area contributed by atoms with Crippen LogP contribution in [0.25, 0.3) is 0 Å². The molecule has 1 fully saturated rings. The van der Waals surface area contributed by atoms with E-state index in [2.05, 4.69) is 30.1 Å². The average molecular weight is 322 g/mol. The summed E-state index contributed by atoms with van der Waals surface area (Å²) in [5.41, 5.74) is 2.27. The molecule has 1 aromatic carbocycles. The van der Waals surface area contributed by atoms with Crippen molar-refractivity contribution in [2.45, 2.75) is 18.9 Å². The second kappa shape index (κ2) is 6.79. The van der Waals surface area contributed by atoms with Gasteiger partial charge in [0.2, 0.25) is 0 Å². The highest BCUT2D eigenvalue weighted by Gasteiger charge is 2.31. The molecule has 0 saturated carbocycles. The largest absolute Gasteiger partial charge is 0.373 e. The maximum absolute atomic E-state index is 12.9. The molecule has 0 spiro atoms. The molecular formula is C19H22N4O. The van der Waals surface area contributed by atoms with Gasteiger partial charge in [-0.15, -0.1) is 0 Å². The van der Waals surface area contributed by atoms with Crippen LogP contribution in [-0.2, 0) is 7.05 Å². The van der Waals surface area contributed by atoms with Crippen molar-refractivity contribution in [2.24, 2.45) is 7.05 Å². The van der Waals surface area contributed by atoms with Gasteiger partial charge in [0.25, 0.3) is 5.91 Å². The van der Waals surface area contributed by atoms with E-state index in [0.29, 0.717) is 11.3 Å². The summed E-state index contributed by atoms with van der Waals surface area (Å²) in [6.45, 7) is 1.59. The van der Waals surface area contributed by atoms with Crippen molar-refractivity contribution in [1.29, 1.82) is 5.26 Å². The number of aromatic nitrogens is 1. The number of para-hydroxylation sites is 1. The van der Waals surface area contributed by atoms with Gasteiger partial charge in [-0.2, -0.15) is 5.26 Å². The number of likely N-dealkylation sites (tertiary alicyclic amines) is 1. The van der Waals surface area contributed by atoms with Gasteiger partial charge in [-0.3, -0.25) is 4.79 Å². The molecule has 2 aromatic rings. The van der Waals surface area contributed by atoms with Crippen molar-refractivity contribution < 1.29 is 4.79 Å². The zero-order valence-corrected chi connectivity index (χ0v) is 14.1. The molecule has 24 heavy (non-hydrogen) atoms. The molecular weight excluding hydrogens is 300 g/mol. The van der Waals surface area contributed by atoms with Crippen molar-refractivity contribution in [2.75, 3.05) is 25.0 Å². The minimum absolute atomic E-state index is 0.0166. The van der Waals surface area contributed by atoms with Crippen LogP contribution in [0.1, 0.15) is 28.9 Å². The Labute approximate surface area is 142 Å². The summed E-state index contributed by atoms with van der Waals surface area (Å²) in [4.78, 5) is 17.1. The summed E-state index contributed by atoms with van der Waals surface area (Å²) in [5, 5.41) is 9.02. The Morgan fingerprint density at radius 2 is 2.12 bits per heavy atom. The second-order valence-electron chi connectivity index (χ2n) is 6.35. The first-order chi connectivity index (χ1) is 11.6. The molecule has 3 rings (SSSR count). The first kappa shape index (κ1) is 16.1. The van der Waals surface area contributed by atoms with E-state index in [9.17, 15) is 4.79 Å². The zero-order valence-electron chi connectivity index (χ0n) is 14.1. The number of benzene rings is 1. The molecule has 5 heteroatoms. The number of rotatable bonds is 4. The fraction of sp³-hybridized carbons (Fsp3) is 0.368. The SMILES string of the molecule is CN(C[C@H]1CCCN1C(=O)c1cc(C#N)cn1C)c1ccccc1. The quantitative estimate of drug-likeness (QED) is 0.869. The number of nitrogens with zero attached hydrogens (tertiary/aromatic N) is 4. The topological polar surface area (TPSA) is 52.3 Å². The Morgan fingerprint density at radius 3 is 2.79 bits per heavy atom. The van der Waals surface area contributed by atoms with Gasteiger partial charge in [-0.05, 0) is 31.0 Å². The van der Waals surface area contributed by atoms with Crippen LogP contribution in [0.3, 0.4) is 0 Å². The van der Waals surface area contributed by atoms with Gasteiger partial charge < -0.3 is 14.4 Å². The van der Waals surface area contributed by atoms with E-state index in [1.807, 2.05) is 30.1 Å². The second-order valence-corrected chi connectivity index (χ2v) is 6.35. The monoisotopic (exact) mass is 322 g/mol. The summed E-state index contributed by atoms with van der Waals surface area (Å²) in [7, 11) is 3.88. The Balaban J connectivity index is 1.74. The summed E-state index contributed by atoms with van der Waals surface area (Å²) >= 11 is 0. The number of aryl methyl sites for hydroxylation is 1. The molecule has 0 N–H and O–H groups in total. The van der Waals surface area contributed by atoms with Crippen LogP contribution in [0.2, 0.25) is 0 Å². The molecule has 2 heterocycles. The maximum Gasteiger partial charge on any atom is 0.270 e. The lowest BCUT2D eigenvalue weighted by atomic mass is 10.2. The van der Waals surface area contributed by atoms with E-state index in [4.69, 9.17) is 5.26 Å². The molecule has 0 aliphatic carbocycles. The predicted octanol–water partition coefficient (Wildman–Crippen LogP) is 2.64. The summed E-state index contributed by atoms with van der Waals surface area (Å²) < 4.78 is 1.75. The van der Waals surface area contributed by atoms with E-state index in [1.165, 1.54) is 0 Å². The number of carbonyl (C=O) groups is 1. The molecule has 124 valence electrons. The molecule has 1 aliphatic rings. The van der Waals surface area contributed by atoms with Crippen LogP contribution in [0.15, 0.2) is 42.6 Å². The van der Waals surface area contributed by atoms with Crippen LogP contribution in [-0.4, -0.2) is 41.6 Å². The van der Waals surface area contributed by atoms with Gasteiger partial charge in [0, 0.05) is 45.1 Å². The van der Waals surface area contributed by atoms with Gasteiger partial charge in [0.05, 0.1) is 5.56 Å². The van der Waals surface area contributed by atoms with Gasteiger partial charge in [0.1, 0.15) is 11.8 Å². The third-order valence-corrected chi connectivity index (χ3v) is 4.67. The minimum Gasteiger partial charge on any atom is -0.373 e. The van der Waals surface area contributed by atoms with E-state index in [-0.39, 0.29) is 11.9 Å². The molecule has 1 aromatic heterocycles. The van der Waals surface area contributed by atoms with Crippen LogP contribution >= 0.6 is 0 Å². The zero-order chi connectivity index (χ0) is 17.1. The maximum atomic E-state index is 12.9. The Morgan fingerprint density at radius 1 is 1.38 bits per heavy atom. The predicted molar refractivity (Wildman–Crippen MR) is 93.9 cm³/mol. The standard InChI is InChI=1S/C19H22N4O/c1-21(16-7-4-3-5-8-16)14-17-9-6-10-23(17)19(24)18-11-15(12-20)13-22(18)2/h3-5,7-8,11,13,17H,6,9-10,14H2,1-2H3/t17-/m1/s1. The number of hydrogen-bond donors (Lipinski definition) is 0. The summed E-state index contributed by atoms with van der Waals surface area (Å²) in [5.74, 6) is 0.0166. The highest BCUT2D eigenvalue weighted by atomic mass is 16.2. The molecule has 1 aliphatic heterocycles. The minimum atomic E-state index is 0.0166. The molecule has 0 unspecified atom stereocenters. The first-order valence-corrected chi connectivity index (χ1v) is 8.24. The molecule has 0 radical (unpaired) electrons. The lowest BCUT2D eigenvalue weighted by Crippen LogP contribution is -2.42. The molecule has 5 nitrogen and oxygen atoms in total. The van der Waals surface area contributed by atoms with E-state index in [0.717, 1.165) is 31.6 Å². The molecule has 1 amide bonds. The van der Waals surface area contributed by atoms with Gasteiger partial charge in [-0.25, -0.2) is 0 Å².